The van der Waals surface area contributed by atoms with Crippen molar-refractivity contribution in [1.29, 1.82) is 0 Å². The van der Waals surface area contributed by atoms with Crippen LogP contribution in [-0.4, -0.2) is 0 Å². The summed E-state index contributed by atoms with van der Waals surface area (Å²) in [6.45, 7) is 11.9. The van der Waals surface area contributed by atoms with E-state index in [2.05, 4.69) is 34.6 Å². The van der Waals surface area contributed by atoms with Gasteiger partial charge >= 0.3 is 0 Å². The van der Waals surface area contributed by atoms with Crippen LogP contribution in [0, 0.1) is 17.8 Å². The minimum atomic E-state index is 0.822. The first-order valence-corrected chi connectivity index (χ1v) is 6.78. The fourth-order valence-corrected chi connectivity index (χ4v) is 3.09. The van der Waals surface area contributed by atoms with Gasteiger partial charge in [-0.1, -0.05) is 51.7 Å². The molecule has 0 aromatic heterocycles. The minimum Gasteiger partial charge on any atom is -0.0708 e. The molecule has 0 aromatic rings. The largest absolute Gasteiger partial charge is 0.0708 e. The summed E-state index contributed by atoms with van der Waals surface area (Å²) in [5, 5.41) is 0. The smallest absolute Gasteiger partial charge is 0.0226 e. The Morgan fingerprint density at radius 3 is 2.40 bits per heavy atom. The number of rotatable bonds is 4. The number of hydrogen-bond acceptors (Lipinski definition) is 0. The van der Waals surface area contributed by atoms with Gasteiger partial charge in [-0.05, 0) is 43.9 Å². The lowest BCUT2D eigenvalue weighted by atomic mass is 9.73. The minimum absolute atomic E-state index is 0.822. The van der Waals surface area contributed by atoms with Crippen LogP contribution in [0.5, 0.6) is 0 Å². The third-order valence-corrected chi connectivity index (χ3v) is 4.28. The average molecular weight is 208 g/mol. The molecule has 3 atom stereocenters. The van der Waals surface area contributed by atoms with Gasteiger partial charge in [0, 0.05) is 0 Å². The molecule has 0 heterocycles. The first-order valence-electron chi connectivity index (χ1n) is 6.78. The Kier molecular flexibility index (Phi) is 4.89. The summed E-state index contributed by atoms with van der Waals surface area (Å²) in [6.07, 6.45) is 6.92. The van der Waals surface area contributed by atoms with E-state index in [0.717, 1.165) is 17.8 Å². The lowest BCUT2D eigenvalue weighted by molar-refractivity contribution is 0.401. The Bertz CT molecular complexity index is 224. The van der Waals surface area contributed by atoms with E-state index in [9.17, 15) is 0 Å². The molecule has 1 rings (SSSR count). The van der Waals surface area contributed by atoms with Crippen LogP contribution in [0.15, 0.2) is 11.1 Å². The molecule has 1 aliphatic rings. The van der Waals surface area contributed by atoms with E-state index in [1.165, 1.54) is 32.1 Å². The lowest BCUT2D eigenvalue weighted by Crippen LogP contribution is -2.19. The molecule has 3 unspecified atom stereocenters. The van der Waals surface area contributed by atoms with E-state index >= 15 is 0 Å². The summed E-state index contributed by atoms with van der Waals surface area (Å²) < 4.78 is 0. The zero-order valence-electron chi connectivity index (χ0n) is 11.3. The molecule has 0 amide bonds. The summed E-state index contributed by atoms with van der Waals surface area (Å²) in [4.78, 5) is 0. The predicted octanol–water partition coefficient (Wildman–Crippen LogP) is 5.20. The van der Waals surface area contributed by atoms with Crippen LogP contribution < -0.4 is 0 Å². The Hall–Kier alpha value is -0.260. The van der Waals surface area contributed by atoms with Crippen molar-refractivity contribution in [3.05, 3.63) is 11.1 Å². The van der Waals surface area contributed by atoms with E-state index in [0.29, 0.717) is 0 Å². The molecule has 0 heteroatoms. The quantitative estimate of drug-likeness (QED) is 0.557. The fourth-order valence-electron chi connectivity index (χ4n) is 3.09. The number of allylic oxidation sites excluding steroid dienone is 2. The maximum Gasteiger partial charge on any atom is -0.0226 e. The maximum atomic E-state index is 2.43. The van der Waals surface area contributed by atoms with Gasteiger partial charge < -0.3 is 0 Å². The first kappa shape index (κ1) is 12.8. The molecule has 0 radical (unpaired) electrons. The van der Waals surface area contributed by atoms with Gasteiger partial charge in [0.15, 0.2) is 0 Å². The second-order valence-corrected chi connectivity index (χ2v) is 5.56. The van der Waals surface area contributed by atoms with E-state index in [4.69, 9.17) is 0 Å². The monoisotopic (exact) mass is 208 g/mol. The Morgan fingerprint density at radius 1 is 1.20 bits per heavy atom. The van der Waals surface area contributed by atoms with Gasteiger partial charge in [0.05, 0.1) is 0 Å². The summed E-state index contributed by atoms with van der Waals surface area (Å²) >= 11 is 0. The second-order valence-electron chi connectivity index (χ2n) is 5.56. The molecular formula is C15H28. The van der Waals surface area contributed by atoms with Crippen LogP contribution in [0.4, 0.5) is 0 Å². The highest BCUT2D eigenvalue weighted by Crippen LogP contribution is 2.38. The van der Waals surface area contributed by atoms with Crippen LogP contribution in [-0.2, 0) is 0 Å². The van der Waals surface area contributed by atoms with Crippen molar-refractivity contribution < 1.29 is 0 Å². The summed E-state index contributed by atoms with van der Waals surface area (Å²) in [6, 6.07) is 0. The highest BCUT2D eigenvalue weighted by molar-refractivity contribution is 5.22. The third kappa shape index (κ3) is 3.09. The topological polar surface area (TPSA) is 0 Å². The van der Waals surface area contributed by atoms with Crippen molar-refractivity contribution >= 4 is 0 Å². The molecule has 0 aliphatic heterocycles. The molecule has 1 aliphatic carbocycles. The van der Waals surface area contributed by atoms with Gasteiger partial charge in [-0.25, -0.2) is 0 Å². The summed E-state index contributed by atoms with van der Waals surface area (Å²) in [7, 11) is 0. The number of hydrogen-bond donors (Lipinski definition) is 0. The second kappa shape index (κ2) is 5.72. The van der Waals surface area contributed by atoms with Gasteiger partial charge in [0.25, 0.3) is 0 Å². The molecule has 15 heavy (non-hydrogen) atoms. The van der Waals surface area contributed by atoms with Crippen molar-refractivity contribution in [1.82, 2.24) is 0 Å². The van der Waals surface area contributed by atoms with Crippen molar-refractivity contribution in [3.8, 4) is 0 Å². The number of unbranched alkanes of at least 4 members (excludes halogenated alkanes) is 1. The average Bonchev–Trinajstić information content (AvgIpc) is 2.21. The maximum absolute atomic E-state index is 2.43. The molecule has 88 valence electrons. The van der Waals surface area contributed by atoms with E-state index < -0.39 is 0 Å². The van der Waals surface area contributed by atoms with Crippen LogP contribution in [0.3, 0.4) is 0 Å². The third-order valence-electron chi connectivity index (χ3n) is 4.28. The first-order chi connectivity index (χ1) is 7.07. The molecule has 0 spiro atoms. The van der Waals surface area contributed by atoms with E-state index in [1.54, 1.807) is 11.1 Å². The highest BCUT2D eigenvalue weighted by atomic mass is 14.3. The SMILES string of the molecule is CCCCC(C)C1=C(C)C(C)CCC1C. The molecule has 0 saturated carbocycles. The summed E-state index contributed by atoms with van der Waals surface area (Å²) in [5.74, 6) is 2.50. The molecule has 0 bridgehead atoms. The molecular weight excluding hydrogens is 180 g/mol. The molecule has 0 nitrogen and oxygen atoms in total. The van der Waals surface area contributed by atoms with Gasteiger partial charge in [-0.2, -0.15) is 0 Å². The normalized spacial score (nSPS) is 29.4. The van der Waals surface area contributed by atoms with Crippen LogP contribution in [0.25, 0.3) is 0 Å². The van der Waals surface area contributed by atoms with E-state index in [-0.39, 0.29) is 0 Å². The molecule has 0 N–H and O–H groups in total. The van der Waals surface area contributed by atoms with E-state index in [1.807, 2.05) is 0 Å². The van der Waals surface area contributed by atoms with Crippen molar-refractivity contribution in [2.45, 2.75) is 66.7 Å². The van der Waals surface area contributed by atoms with Crippen LogP contribution in [0.1, 0.15) is 66.7 Å². The highest BCUT2D eigenvalue weighted by Gasteiger charge is 2.25. The lowest BCUT2D eigenvalue weighted by Gasteiger charge is -2.33. The summed E-state index contributed by atoms with van der Waals surface area (Å²) in [5.41, 5.74) is 3.50. The van der Waals surface area contributed by atoms with Crippen LogP contribution in [0.2, 0.25) is 0 Å². The van der Waals surface area contributed by atoms with Gasteiger partial charge in [0.1, 0.15) is 0 Å². The molecule has 0 fully saturated rings. The Labute approximate surface area is 96.2 Å². The molecule has 0 aromatic carbocycles. The van der Waals surface area contributed by atoms with Crippen molar-refractivity contribution in [2.24, 2.45) is 17.8 Å². The van der Waals surface area contributed by atoms with Crippen LogP contribution >= 0.6 is 0 Å². The zero-order chi connectivity index (χ0) is 11.4. The Balaban J connectivity index is 2.74. The Morgan fingerprint density at radius 2 is 1.80 bits per heavy atom. The van der Waals surface area contributed by atoms with Gasteiger partial charge in [-0.15, -0.1) is 0 Å². The standard InChI is InChI=1S/C15H28/c1-6-7-8-12(3)15-13(4)10-9-11(2)14(15)5/h11-13H,6-10H2,1-5H3. The fraction of sp³-hybridized carbons (Fsp3) is 0.867. The zero-order valence-corrected chi connectivity index (χ0v) is 11.3. The van der Waals surface area contributed by atoms with Crippen molar-refractivity contribution in [3.63, 3.8) is 0 Å². The molecule has 0 saturated heterocycles. The van der Waals surface area contributed by atoms with Crippen molar-refractivity contribution in [2.75, 3.05) is 0 Å². The predicted molar refractivity (Wildman–Crippen MR) is 69.0 cm³/mol. The van der Waals surface area contributed by atoms with Gasteiger partial charge in [-0.3, -0.25) is 0 Å². The van der Waals surface area contributed by atoms with Gasteiger partial charge in [0.2, 0.25) is 0 Å².